The Morgan fingerprint density at radius 2 is 2.17 bits per heavy atom. The Morgan fingerprint density at radius 1 is 1.33 bits per heavy atom. The number of carbonyl (C=O) groups excluding carboxylic acids is 2. The number of hydrogen-bond donors (Lipinski definition) is 3. The second-order valence-electron chi connectivity index (χ2n) is 5.57. The van der Waals surface area contributed by atoms with Crippen LogP contribution >= 0.6 is 0 Å². The molecule has 1 aliphatic rings. The van der Waals surface area contributed by atoms with Gasteiger partial charge in [0.15, 0.2) is 5.82 Å². The molecule has 1 aromatic carbocycles. The van der Waals surface area contributed by atoms with Crippen LogP contribution in [0.2, 0.25) is 0 Å². The zero-order valence-corrected chi connectivity index (χ0v) is 13.1. The van der Waals surface area contributed by atoms with Crippen molar-refractivity contribution in [1.29, 1.82) is 0 Å². The fraction of sp³-hybridized carbons (Fsp3) is 0.400. The maximum absolute atomic E-state index is 12.2. The normalized spacial score (nSPS) is 18.2. The summed E-state index contributed by atoms with van der Waals surface area (Å²) in [6, 6.07) is 9.43. The molecule has 1 saturated heterocycles. The van der Waals surface area contributed by atoms with Crippen molar-refractivity contribution in [2.75, 3.05) is 13.1 Å². The third-order valence-electron chi connectivity index (χ3n) is 3.88. The number of hydrogen-bond acceptors (Lipinski definition) is 6. The van der Waals surface area contributed by atoms with Crippen LogP contribution < -0.4 is 10.6 Å². The first kappa shape index (κ1) is 16.1. The third-order valence-corrected chi connectivity index (χ3v) is 3.88. The number of carbonyl (C=O) groups is 2. The molecule has 2 aromatic rings. The molecule has 1 atom stereocenters. The summed E-state index contributed by atoms with van der Waals surface area (Å²) >= 11 is 0. The molecule has 0 unspecified atom stereocenters. The smallest absolute Gasteiger partial charge is 0.237 e. The summed E-state index contributed by atoms with van der Waals surface area (Å²) in [5, 5.41) is 18.8. The molecule has 0 spiro atoms. The molecule has 0 aliphatic carbocycles. The number of aromatic amines is 1. The Balaban J connectivity index is 1.59. The number of aromatic nitrogens is 4. The summed E-state index contributed by atoms with van der Waals surface area (Å²) < 4.78 is 0. The van der Waals surface area contributed by atoms with Gasteiger partial charge >= 0.3 is 0 Å². The Labute approximate surface area is 138 Å². The maximum Gasteiger partial charge on any atom is 0.237 e. The molecule has 2 heterocycles. The lowest BCUT2D eigenvalue weighted by atomic mass is 10.1. The molecule has 24 heavy (non-hydrogen) atoms. The van der Waals surface area contributed by atoms with E-state index in [4.69, 9.17) is 0 Å². The lowest BCUT2D eigenvalue weighted by Crippen LogP contribution is -2.56. The fourth-order valence-corrected chi connectivity index (χ4v) is 2.67. The fourth-order valence-electron chi connectivity index (χ4n) is 2.67. The summed E-state index contributed by atoms with van der Waals surface area (Å²) in [6.07, 6.45) is 0.0938. The van der Waals surface area contributed by atoms with Crippen LogP contribution in [-0.4, -0.2) is 56.5 Å². The molecule has 3 N–H and O–H groups in total. The van der Waals surface area contributed by atoms with Crippen molar-refractivity contribution in [2.24, 2.45) is 0 Å². The predicted molar refractivity (Wildman–Crippen MR) is 84.3 cm³/mol. The number of amides is 2. The first-order valence-electron chi connectivity index (χ1n) is 7.77. The SMILES string of the molecule is O=C(C[C@H]1C(=O)NCCN1Cc1ccccc1)NCc1nn[nH]n1. The molecule has 3 rings (SSSR count). The molecule has 1 aliphatic heterocycles. The van der Waals surface area contributed by atoms with E-state index in [0.29, 0.717) is 25.5 Å². The Hall–Kier alpha value is -2.81. The molecule has 1 fully saturated rings. The Bertz CT molecular complexity index is 674. The number of tetrazole rings is 1. The molecule has 2 amide bonds. The second-order valence-corrected chi connectivity index (χ2v) is 5.57. The van der Waals surface area contributed by atoms with Crippen molar-refractivity contribution >= 4 is 11.8 Å². The van der Waals surface area contributed by atoms with Crippen LogP contribution in [0.4, 0.5) is 0 Å². The molecule has 0 radical (unpaired) electrons. The predicted octanol–water partition coefficient (Wildman–Crippen LogP) is -0.793. The van der Waals surface area contributed by atoms with E-state index in [-0.39, 0.29) is 24.8 Å². The molecule has 0 saturated carbocycles. The van der Waals surface area contributed by atoms with Crippen molar-refractivity contribution in [2.45, 2.75) is 25.6 Å². The van der Waals surface area contributed by atoms with Crippen LogP contribution in [0.25, 0.3) is 0 Å². The Morgan fingerprint density at radius 3 is 2.92 bits per heavy atom. The van der Waals surface area contributed by atoms with Gasteiger partial charge in [-0.25, -0.2) is 0 Å². The van der Waals surface area contributed by atoms with E-state index < -0.39 is 6.04 Å². The summed E-state index contributed by atoms with van der Waals surface area (Å²) in [4.78, 5) is 26.4. The molecular weight excluding hydrogens is 310 g/mol. The number of rotatable bonds is 6. The van der Waals surface area contributed by atoms with Crippen LogP contribution in [-0.2, 0) is 22.7 Å². The van der Waals surface area contributed by atoms with E-state index in [9.17, 15) is 9.59 Å². The van der Waals surface area contributed by atoms with Crippen LogP contribution in [0, 0.1) is 0 Å². The van der Waals surface area contributed by atoms with Gasteiger partial charge in [-0.3, -0.25) is 14.5 Å². The lowest BCUT2D eigenvalue weighted by Gasteiger charge is -2.34. The van der Waals surface area contributed by atoms with Crippen molar-refractivity contribution in [3.63, 3.8) is 0 Å². The molecule has 0 bridgehead atoms. The Kier molecular flexibility index (Phi) is 5.12. The highest BCUT2D eigenvalue weighted by atomic mass is 16.2. The third kappa shape index (κ3) is 4.13. The summed E-state index contributed by atoms with van der Waals surface area (Å²) in [7, 11) is 0. The van der Waals surface area contributed by atoms with Crippen molar-refractivity contribution < 1.29 is 9.59 Å². The lowest BCUT2D eigenvalue weighted by molar-refractivity contribution is -0.134. The monoisotopic (exact) mass is 329 g/mol. The van der Waals surface area contributed by atoms with E-state index in [0.717, 1.165) is 5.56 Å². The minimum Gasteiger partial charge on any atom is -0.353 e. The number of nitrogens with one attached hydrogen (secondary N) is 3. The van der Waals surface area contributed by atoms with E-state index >= 15 is 0 Å². The average Bonchev–Trinajstić information content (AvgIpc) is 3.11. The highest BCUT2D eigenvalue weighted by molar-refractivity contribution is 5.88. The van der Waals surface area contributed by atoms with Crippen LogP contribution in [0.15, 0.2) is 30.3 Å². The van der Waals surface area contributed by atoms with Gasteiger partial charge in [0.1, 0.15) is 0 Å². The highest BCUT2D eigenvalue weighted by Crippen LogP contribution is 2.13. The largest absolute Gasteiger partial charge is 0.353 e. The number of piperazine rings is 1. The van der Waals surface area contributed by atoms with Crippen LogP contribution in [0.3, 0.4) is 0 Å². The summed E-state index contributed by atoms with van der Waals surface area (Å²) in [5.41, 5.74) is 1.12. The van der Waals surface area contributed by atoms with Gasteiger partial charge in [0.2, 0.25) is 11.8 Å². The average molecular weight is 329 g/mol. The summed E-state index contributed by atoms with van der Waals surface area (Å²) in [6.45, 7) is 2.12. The van der Waals surface area contributed by atoms with E-state index in [1.54, 1.807) is 0 Å². The van der Waals surface area contributed by atoms with Gasteiger partial charge < -0.3 is 10.6 Å². The van der Waals surface area contributed by atoms with Gasteiger partial charge in [0.05, 0.1) is 19.0 Å². The minimum absolute atomic E-state index is 0.0938. The number of benzene rings is 1. The quantitative estimate of drug-likeness (QED) is 0.639. The first-order chi connectivity index (χ1) is 11.7. The van der Waals surface area contributed by atoms with Gasteiger partial charge in [-0.15, -0.1) is 10.2 Å². The molecular formula is C15H19N7O2. The number of nitrogens with zero attached hydrogens (tertiary/aromatic N) is 4. The number of H-pyrrole nitrogens is 1. The first-order valence-corrected chi connectivity index (χ1v) is 7.77. The van der Waals surface area contributed by atoms with Gasteiger partial charge in [-0.2, -0.15) is 5.21 Å². The van der Waals surface area contributed by atoms with Gasteiger partial charge in [0.25, 0.3) is 0 Å². The standard InChI is InChI=1S/C15H19N7O2/c23-14(17-9-13-18-20-21-19-13)8-12-15(24)16-6-7-22(12)10-11-4-2-1-3-5-11/h1-5,12H,6-10H2,(H,16,24)(H,17,23)(H,18,19,20,21)/t12-/m0/s1. The summed E-state index contributed by atoms with van der Waals surface area (Å²) in [5.74, 6) is 0.0596. The van der Waals surface area contributed by atoms with Crippen LogP contribution in [0.5, 0.6) is 0 Å². The van der Waals surface area contributed by atoms with E-state index in [1.165, 1.54) is 0 Å². The van der Waals surface area contributed by atoms with Crippen molar-refractivity contribution in [3.8, 4) is 0 Å². The molecule has 1 aromatic heterocycles. The van der Waals surface area contributed by atoms with Gasteiger partial charge in [-0.1, -0.05) is 35.5 Å². The van der Waals surface area contributed by atoms with Crippen LogP contribution in [0.1, 0.15) is 17.8 Å². The van der Waals surface area contributed by atoms with E-state index in [1.807, 2.05) is 35.2 Å². The van der Waals surface area contributed by atoms with E-state index in [2.05, 4.69) is 31.3 Å². The zero-order chi connectivity index (χ0) is 16.8. The minimum atomic E-state index is -0.482. The molecule has 9 heteroatoms. The van der Waals surface area contributed by atoms with Crippen molar-refractivity contribution in [3.05, 3.63) is 41.7 Å². The van der Waals surface area contributed by atoms with Gasteiger partial charge in [-0.05, 0) is 5.56 Å². The molecule has 126 valence electrons. The highest BCUT2D eigenvalue weighted by Gasteiger charge is 2.31. The maximum atomic E-state index is 12.2. The second kappa shape index (κ2) is 7.64. The topological polar surface area (TPSA) is 116 Å². The molecule has 9 nitrogen and oxygen atoms in total. The van der Waals surface area contributed by atoms with Gasteiger partial charge in [0, 0.05) is 19.6 Å². The van der Waals surface area contributed by atoms with Crippen molar-refractivity contribution in [1.82, 2.24) is 36.2 Å². The zero-order valence-electron chi connectivity index (χ0n) is 13.1.